The van der Waals surface area contributed by atoms with Gasteiger partial charge in [0.1, 0.15) is 0 Å². The molecule has 2 aliphatic heterocycles. The summed E-state index contributed by atoms with van der Waals surface area (Å²) in [5.74, 6) is 1.15. The lowest BCUT2D eigenvalue weighted by Crippen LogP contribution is -2.49. The molecule has 0 aromatic carbocycles. The van der Waals surface area contributed by atoms with Gasteiger partial charge in [0.2, 0.25) is 5.91 Å². The van der Waals surface area contributed by atoms with Crippen molar-refractivity contribution < 1.29 is 9.53 Å². The molecule has 1 amide bonds. The summed E-state index contributed by atoms with van der Waals surface area (Å²) >= 11 is 0. The largest absolute Gasteiger partial charge is 0.380 e. The van der Waals surface area contributed by atoms with Gasteiger partial charge in [0.15, 0.2) is 5.82 Å². The number of nitrogens with zero attached hydrogens (tertiary/aromatic N) is 3. The molecule has 7 heteroatoms. The minimum absolute atomic E-state index is 0.0630. The van der Waals surface area contributed by atoms with Crippen LogP contribution in [0.4, 0.5) is 5.82 Å². The Labute approximate surface area is 137 Å². The number of likely N-dealkylation sites (tertiary alicyclic amines) is 1. The third-order valence-electron chi connectivity index (χ3n) is 5.00. The van der Waals surface area contributed by atoms with Crippen LogP contribution in [0.3, 0.4) is 0 Å². The molecule has 3 heterocycles. The van der Waals surface area contributed by atoms with E-state index in [1.54, 1.807) is 7.11 Å². The van der Waals surface area contributed by atoms with Crippen molar-refractivity contribution in [3.63, 3.8) is 0 Å². The molecule has 7 nitrogen and oxygen atoms in total. The van der Waals surface area contributed by atoms with Crippen molar-refractivity contribution in [2.24, 2.45) is 0 Å². The Morgan fingerprint density at radius 3 is 2.74 bits per heavy atom. The van der Waals surface area contributed by atoms with Gasteiger partial charge in [-0.3, -0.25) is 14.8 Å². The van der Waals surface area contributed by atoms with Gasteiger partial charge < -0.3 is 15.0 Å². The number of carbonyl (C=O) groups is 1. The molecule has 3 rings (SSSR count). The normalized spacial score (nSPS) is 26.7. The summed E-state index contributed by atoms with van der Waals surface area (Å²) in [5, 5.41) is 10.5. The summed E-state index contributed by atoms with van der Waals surface area (Å²) in [7, 11) is 3.71. The second-order valence-electron chi connectivity index (χ2n) is 6.73. The van der Waals surface area contributed by atoms with Crippen molar-refractivity contribution in [2.75, 3.05) is 38.7 Å². The van der Waals surface area contributed by atoms with E-state index in [9.17, 15) is 4.79 Å². The van der Waals surface area contributed by atoms with Crippen molar-refractivity contribution in [3.05, 3.63) is 11.8 Å². The molecule has 23 heavy (non-hydrogen) atoms. The summed E-state index contributed by atoms with van der Waals surface area (Å²) < 4.78 is 5.38. The van der Waals surface area contributed by atoms with Crippen LogP contribution in [-0.2, 0) is 9.53 Å². The van der Waals surface area contributed by atoms with Crippen LogP contribution in [0.1, 0.15) is 25.0 Å². The Morgan fingerprint density at radius 1 is 1.43 bits per heavy atom. The van der Waals surface area contributed by atoms with Crippen LogP contribution < -0.4 is 10.2 Å². The summed E-state index contributed by atoms with van der Waals surface area (Å²) in [6, 6.07) is 2.26. The number of likely N-dealkylation sites (N-methyl/N-ethyl adjacent to an activating group) is 1. The topological polar surface area (TPSA) is 73.5 Å². The number of H-pyrrole nitrogens is 1. The number of carbonyl (C=O) groups excluding carboxylic acids is 1. The van der Waals surface area contributed by atoms with Crippen molar-refractivity contribution in [1.82, 2.24) is 20.4 Å². The van der Waals surface area contributed by atoms with Gasteiger partial charge in [-0.15, -0.1) is 0 Å². The van der Waals surface area contributed by atoms with Gasteiger partial charge in [0.25, 0.3) is 0 Å². The molecule has 1 aromatic heterocycles. The first-order valence-corrected chi connectivity index (χ1v) is 8.37. The number of piperidine rings is 1. The number of ether oxygens (including phenoxy) is 1. The van der Waals surface area contributed by atoms with E-state index in [-0.39, 0.29) is 24.1 Å². The average molecular weight is 321 g/mol. The molecule has 2 fully saturated rings. The Morgan fingerprint density at radius 2 is 2.17 bits per heavy atom. The number of aryl methyl sites for hydroxylation is 1. The summed E-state index contributed by atoms with van der Waals surface area (Å²) in [5.41, 5.74) is 1.08. The van der Waals surface area contributed by atoms with E-state index in [0.717, 1.165) is 50.4 Å². The second-order valence-corrected chi connectivity index (χ2v) is 6.73. The predicted octanol–water partition coefficient (Wildman–Crippen LogP) is 0.522. The van der Waals surface area contributed by atoms with Crippen LogP contribution in [0.25, 0.3) is 0 Å². The highest BCUT2D eigenvalue weighted by molar-refractivity contribution is 5.82. The molecular weight excluding hydrogens is 294 g/mol. The lowest BCUT2D eigenvalue weighted by Gasteiger charge is -2.33. The fraction of sp³-hybridized carbons (Fsp3) is 0.750. The van der Waals surface area contributed by atoms with E-state index < -0.39 is 0 Å². The third-order valence-corrected chi connectivity index (χ3v) is 5.00. The maximum absolute atomic E-state index is 12.5. The molecule has 0 aliphatic carbocycles. The zero-order valence-corrected chi connectivity index (χ0v) is 14.2. The number of nitrogens with one attached hydrogen (secondary N) is 2. The number of methoxy groups -OCH3 is 1. The molecule has 1 aromatic rings. The van der Waals surface area contributed by atoms with Crippen molar-refractivity contribution >= 4 is 11.7 Å². The number of rotatable bonds is 4. The summed E-state index contributed by atoms with van der Waals surface area (Å²) in [6.07, 6.45) is 2.87. The Hall–Kier alpha value is -1.60. The minimum Gasteiger partial charge on any atom is -0.380 e. The van der Waals surface area contributed by atoms with Crippen molar-refractivity contribution in [3.8, 4) is 0 Å². The molecule has 0 saturated carbocycles. The highest BCUT2D eigenvalue weighted by Gasteiger charge is 2.35. The Balaban J connectivity index is 1.48. The fourth-order valence-electron chi connectivity index (χ4n) is 3.55. The zero-order valence-electron chi connectivity index (χ0n) is 14.2. The van der Waals surface area contributed by atoms with Gasteiger partial charge in [-0.25, -0.2) is 0 Å². The van der Waals surface area contributed by atoms with Crippen LogP contribution in [0.2, 0.25) is 0 Å². The van der Waals surface area contributed by atoms with E-state index in [2.05, 4.69) is 31.4 Å². The van der Waals surface area contributed by atoms with E-state index in [4.69, 9.17) is 4.74 Å². The Bertz CT molecular complexity index is 538. The third kappa shape index (κ3) is 3.67. The van der Waals surface area contributed by atoms with Crippen LogP contribution in [0, 0.1) is 6.92 Å². The number of hydrogen-bond acceptors (Lipinski definition) is 5. The first-order chi connectivity index (χ1) is 11.1. The SMILES string of the molecule is CO[C@H]1C[C@@H](C(=O)NC2CCN(c3cc(C)[nH]n3)CC2)N(C)C1. The first-order valence-electron chi connectivity index (χ1n) is 8.37. The maximum Gasteiger partial charge on any atom is 0.237 e. The smallest absolute Gasteiger partial charge is 0.237 e. The fourth-order valence-corrected chi connectivity index (χ4v) is 3.55. The van der Waals surface area contributed by atoms with Crippen LogP contribution >= 0.6 is 0 Å². The number of amides is 1. The molecule has 0 radical (unpaired) electrons. The standard InChI is InChI=1S/C16H27N5O2/c1-11-8-15(19-18-11)21-6-4-12(5-7-21)17-16(22)14-9-13(23-3)10-20(14)2/h8,12-14H,4-7,9-10H2,1-3H3,(H,17,22)(H,18,19)/t13-,14-/m0/s1. The molecule has 2 saturated heterocycles. The van der Waals surface area contributed by atoms with Gasteiger partial charge in [0.05, 0.1) is 12.1 Å². The van der Waals surface area contributed by atoms with Crippen molar-refractivity contribution in [1.29, 1.82) is 0 Å². The number of aromatic nitrogens is 2. The van der Waals surface area contributed by atoms with E-state index in [1.807, 2.05) is 14.0 Å². The quantitative estimate of drug-likeness (QED) is 0.846. The highest BCUT2D eigenvalue weighted by atomic mass is 16.5. The highest BCUT2D eigenvalue weighted by Crippen LogP contribution is 2.21. The number of hydrogen-bond donors (Lipinski definition) is 2. The maximum atomic E-state index is 12.5. The summed E-state index contributed by atoms with van der Waals surface area (Å²) in [6.45, 7) is 4.69. The lowest BCUT2D eigenvalue weighted by molar-refractivity contribution is -0.126. The molecule has 128 valence electrons. The van der Waals surface area contributed by atoms with Crippen LogP contribution in [0.15, 0.2) is 6.07 Å². The predicted molar refractivity (Wildman–Crippen MR) is 88.5 cm³/mol. The van der Waals surface area contributed by atoms with Crippen molar-refractivity contribution in [2.45, 2.75) is 44.4 Å². The average Bonchev–Trinajstić information content (AvgIpc) is 3.14. The molecular formula is C16H27N5O2. The van der Waals surface area contributed by atoms with Crippen LogP contribution in [0.5, 0.6) is 0 Å². The lowest BCUT2D eigenvalue weighted by atomic mass is 10.0. The van der Waals surface area contributed by atoms with Gasteiger partial charge in [-0.1, -0.05) is 0 Å². The molecule has 0 bridgehead atoms. The van der Waals surface area contributed by atoms with Crippen LogP contribution in [-0.4, -0.2) is 73.0 Å². The summed E-state index contributed by atoms with van der Waals surface area (Å²) in [4.78, 5) is 16.9. The number of aromatic amines is 1. The zero-order chi connectivity index (χ0) is 16.4. The van der Waals surface area contributed by atoms with E-state index in [1.165, 1.54) is 0 Å². The Kier molecular flexibility index (Phi) is 4.87. The molecule has 0 spiro atoms. The van der Waals surface area contributed by atoms with Gasteiger partial charge in [-0.05, 0) is 33.2 Å². The molecule has 0 unspecified atom stereocenters. The van der Waals surface area contributed by atoms with Gasteiger partial charge >= 0.3 is 0 Å². The molecule has 2 aliphatic rings. The molecule has 2 N–H and O–H groups in total. The molecule has 2 atom stereocenters. The second kappa shape index (κ2) is 6.88. The van der Waals surface area contributed by atoms with Gasteiger partial charge in [-0.2, -0.15) is 5.10 Å². The van der Waals surface area contributed by atoms with Gasteiger partial charge in [0, 0.05) is 44.5 Å². The van der Waals surface area contributed by atoms with E-state index >= 15 is 0 Å². The monoisotopic (exact) mass is 321 g/mol. The minimum atomic E-state index is -0.0630. The number of anilines is 1. The van der Waals surface area contributed by atoms with E-state index in [0.29, 0.717) is 0 Å². The first kappa shape index (κ1) is 16.3.